The second-order valence-electron chi connectivity index (χ2n) is 4.03. The molecule has 0 aromatic carbocycles. The number of hydrogen-bond acceptors (Lipinski definition) is 5. The van der Waals surface area contributed by atoms with E-state index in [2.05, 4.69) is 15.3 Å². The Morgan fingerprint density at radius 2 is 2.00 bits per heavy atom. The molecule has 6 heteroatoms. The van der Waals surface area contributed by atoms with Crippen molar-refractivity contribution in [3.63, 3.8) is 0 Å². The number of oxime groups is 1. The summed E-state index contributed by atoms with van der Waals surface area (Å²) in [5, 5.41) is 5.94. The van der Waals surface area contributed by atoms with E-state index in [9.17, 15) is 14.4 Å². The number of carbonyl (C=O) groups excluding carboxylic acids is 3. The summed E-state index contributed by atoms with van der Waals surface area (Å²) in [6.45, 7) is 6.19. The number of Topliss-reactive ketones (excluding diaryl/α,β-unsaturated/α-hetero) is 1. The molecule has 0 radical (unpaired) electrons. The zero-order valence-corrected chi connectivity index (χ0v) is 9.66. The number of ketones is 1. The van der Waals surface area contributed by atoms with Crippen LogP contribution in [0.2, 0.25) is 0 Å². The fraction of sp³-hybridized carbons (Fsp3) is 0.600. The quantitative estimate of drug-likeness (QED) is 0.543. The molecule has 1 aliphatic heterocycles. The molecule has 1 rings (SSSR count). The Balaban J connectivity index is 3.08. The van der Waals surface area contributed by atoms with Crippen molar-refractivity contribution < 1.29 is 19.2 Å². The summed E-state index contributed by atoms with van der Waals surface area (Å²) in [6.07, 6.45) is 0. The molecule has 0 fully saturated rings. The van der Waals surface area contributed by atoms with Crippen molar-refractivity contribution in [3.05, 3.63) is 0 Å². The molecule has 16 heavy (non-hydrogen) atoms. The van der Waals surface area contributed by atoms with Crippen molar-refractivity contribution in [2.75, 3.05) is 0 Å². The van der Waals surface area contributed by atoms with Gasteiger partial charge in [0, 0.05) is 6.92 Å². The van der Waals surface area contributed by atoms with Crippen molar-refractivity contribution >= 4 is 23.4 Å². The Morgan fingerprint density at radius 1 is 1.44 bits per heavy atom. The first kappa shape index (κ1) is 12.4. The van der Waals surface area contributed by atoms with Gasteiger partial charge in [-0.15, -0.1) is 0 Å². The zero-order chi connectivity index (χ0) is 12.5. The van der Waals surface area contributed by atoms with Gasteiger partial charge in [0.15, 0.2) is 5.54 Å². The predicted octanol–water partition coefficient (Wildman–Crippen LogP) is 0.0191. The summed E-state index contributed by atoms with van der Waals surface area (Å²) in [7, 11) is 0. The van der Waals surface area contributed by atoms with Crippen molar-refractivity contribution in [1.82, 2.24) is 5.32 Å². The molecule has 0 aromatic rings. The molecule has 0 saturated carbocycles. The van der Waals surface area contributed by atoms with E-state index in [1.54, 1.807) is 20.8 Å². The Kier molecular flexibility index (Phi) is 3.11. The highest BCUT2D eigenvalue weighted by Gasteiger charge is 2.52. The van der Waals surface area contributed by atoms with Crippen LogP contribution in [0.3, 0.4) is 0 Å². The minimum Gasteiger partial charge on any atom is -0.329 e. The number of amides is 1. The highest BCUT2D eigenvalue weighted by atomic mass is 16.7. The van der Waals surface area contributed by atoms with E-state index in [4.69, 9.17) is 0 Å². The third-order valence-electron chi connectivity index (χ3n) is 2.65. The van der Waals surface area contributed by atoms with E-state index >= 15 is 0 Å². The van der Waals surface area contributed by atoms with Crippen molar-refractivity contribution in [1.29, 1.82) is 0 Å². The number of carbonyl (C=O) groups is 3. The second-order valence-corrected chi connectivity index (χ2v) is 4.03. The number of hydrogen-bond donors (Lipinski definition) is 1. The minimum atomic E-state index is -1.32. The van der Waals surface area contributed by atoms with Crippen LogP contribution in [0.25, 0.3) is 0 Å². The van der Waals surface area contributed by atoms with E-state index in [1.807, 2.05) is 0 Å². The van der Waals surface area contributed by atoms with Gasteiger partial charge in [0.2, 0.25) is 5.78 Å². The van der Waals surface area contributed by atoms with Gasteiger partial charge < -0.3 is 10.2 Å². The Hall–Kier alpha value is -1.72. The number of nitrogens with one attached hydrogen (secondary N) is 1. The monoisotopic (exact) mass is 226 g/mol. The zero-order valence-electron chi connectivity index (χ0n) is 9.66. The molecule has 1 N–H and O–H groups in total. The average Bonchev–Trinajstić information content (AvgIpc) is 2.46. The third kappa shape index (κ3) is 1.70. The lowest BCUT2D eigenvalue weighted by atomic mass is 9.82. The summed E-state index contributed by atoms with van der Waals surface area (Å²) in [6, 6.07) is 0. The Bertz CT molecular complexity index is 386. The van der Waals surface area contributed by atoms with Gasteiger partial charge >= 0.3 is 5.97 Å². The Labute approximate surface area is 93.0 Å². The molecule has 0 aromatic heterocycles. The van der Waals surface area contributed by atoms with E-state index in [0.717, 1.165) is 6.92 Å². The number of rotatable bonds is 3. The second kappa shape index (κ2) is 4.03. The molecule has 1 heterocycles. The largest absolute Gasteiger partial charge is 0.366 e. The molecule has 1 amide bonds. The van der Waals surface area contributed by atoms with Crippen molar-refractivity contribution in [2.45, 2.75) is 33.2 Å². The topological polar surface area (TPSA) is 84.8 Å². The van der Waals surface area contributed by atoms with Gasteiger partial charge in [0.05, 0.1) is 5.71 Å². The van der Waals surface area contributed by atoms with Crippen LogP contribution in [0.5, 0.6) is 0 Å². The van der Waals surface area contributed by atoms with Gasteiger partial charge in [0.25, 0.3) is 5.91 Å². The van der Waals surface area contributed by atoms with Crippen molar-refractivity contribution in [3.8, 4) is 0 Å². The lowest BCUT2D eigenvalue weighted by molar-refractivity contribution is -0.149. The smallest absolute Gasteiger partial charge is 0.329 e. The van der Waals surface area contributed by atoms with Gasteiger partial charge in [0.1, 0.15) is 0 Å². The van der Waals surface area contributed by atoms with E-state index < -0.39 is 23.2 Å². The molecule has 0 saturated heterocycles. The third-order valence-corrected chi connectivity index (χ3v) is 2.65. The SMILES string of the molecule is CC(=O)C(=O)NC1(C(C)C)C(=O)ON=C1C. The molecule has 0 bridgehead atoms. The maximum Gasteiger partial charge on any atom is 0.366 e. The first-order valence-corrected chi connectivity index (χ1v) is 4.92. The molecule has 6 nitrogen and oxygen atoms in total. The summed E-state index contributed by atoms with van der Waals surface area (Å²) < 4.78 is 0. The van der Waals surface area contributed by atoms with Gasteiger partial charge in [-0.3, -0.25) is 9.59 Å². The molecular weight excluding hydrogens is 212 g/mol. The van der Waals surface area contributed by atoms with Crippen LogP contribution >= 0.6 is 0 Å². The maximum atomic E-state index is 11.6. The van der Waals surface area contributed by atoms with Crippen LogP contribution < -0.4 is 5.32 Å². The summed E-state index contributed by atoms with van der Waals surface area (Å²) in [5.41, 5.74) is -0.968. The Morgan fingerprint density at radius 3 is 2.31 bits per heavy atom. The predicted molar refractivity (Wildman–Crippen MR) is 55.6 cm³/mol. The molecule has 0 spiro atoms. The van der Waals surface area contributed by atoms with Gasteiger partial charge in [-0.1, -0.05) is 19.0 Å². The summed E-state index contributed by atoms with van der Waals surface area (Å²) in [5.74, 6) is -2.39. The normalized spacial score (nSPS) is 24.1. The first-order chi connectivity index (χ1) is 7.32. The van der Waals surface area contributed by atoms with Crippen LogP contribution in [-0.2, 0) is 19.2 Å². The highest BCUT2D eigenvalue weighted by molar-refractivity contribution is 6.36. The summed E-state index contributed by atoms with van der Waals surface area (Å²) >= 11 is 0. The lowest BCUT2D eigenvalue weighted by Gasteiger charge is -2.29. The first-order valence-electron chi connectivity index (χ1n) is 4.92. The molecule has 1 atom stereocenters. The van der Waals surface area contributed by atoms with Crippen LogP contribution in [0, 0.1) is 5.92 Å². The van der Waals surface area contributed by atoms with Crippen LogP contribution in [0.15, 0.2) is 5.16 Å². The molecule has 88 valence electrons. The summed E-state index contributed by atoms with van der Waals surface area (Å²) in [4.78, 5) is 38.5. The van der Waals surface area contributed by atoms with Crippen LogP contribution in [-0.4, -0.2) is 28.9 Å². The van der Waals surface area contributed by atoms with Gasteiger partial charge in [-0.25, -0.2) is 4.79 Å². The average molecular weight is 226 g/mol. The molecule has 1 unspecified atom stereocenters. The standard InChI is InChI=1S/C10H14N2O4/c1-5(2)10(11-8(14)6(3)13)7(4)12-16-9(10)15/h5H,1-4H3,(H,11,14). The van der Waals surface area contributed by atoms with Gasteiger partial charge in [-0.2, -0.15) is 0 Å². The fourth-order valence-electron chi connectivity index (χ4n) is 1.61. The molecule has 1 aliphatic rings. The van der Waals surface area contributed by atoms with E-state index in [0.29, 0.717) is 5.71 Å². The van der Waals surface area contributed by atoms with E-state index in [1.165, 1.54) is 0 Å². The molecular formula is C10H14N2O4. The number of nitrogens with zero attached hydrogens (tertiary/aromatic N) is 1. The highest BCUT2D eigenvalue weighted by Crippen LogP contribution is 2.26. The van der Waals surface area contributed by atoms with Crippen LogP contribution in [0.4, 0.5) is 0 Å². The fourth-order valence-corrected chi connectivity index (χ4v) is 1.61. The maximum absolute atomic E-state index is 11.6. The van der Waals surface area contributed by atoms with E-state index in [-0.39, 0.29) is 5.92 Å². The van der Waals surface area contributed by atoms with Gasteiger partial charge in [-0.05, 0) is 12.8 Å². The minimum absolute atomic E-state index is 0.255. The lowest BCUT2D eigenvalue weighted by Crippen LogP contribution is -2.61. The van der Waals surface area contributed by atoms with Crippen molar-refractivity contribution in [2.24, 2.45) is 11.1 Å². The van der Waals surface area contributed by atoms with Crippen LogP contribution in [0.1, 0.15) is 27.7 Å². The molecule has 0 aliphatic carbocycles.